The maximum absolute atomic E-state index is 13.0. The number of halogens is 1. The second-order valence-corrected chi connectivity index (χ2v) is 7.86. The molecule has 1 aromatic heterocycles. The Labute approximate surface area is 151 Å². The monoisotopic (exact) mass is 356 g/mol. The summed E-state index contributed by atoms with van der Waals surface area (Å²) in [5, 5.41) is 8.89. The molecule has 25 heavy (non-hydrogen) atoms. The topological polar surface area (TPSA) is 56.7 Å². The normalized spacial score (nSPS) is 11.7. The van der Waals surface area contributed by atoms with E-state index in [2.05, 4.69) is 55.2 Å². The van der Waals surface area contributed by atoms with Gasteiger partial charge >= 0.3 is 0 Å². The van der Waals surface area contributed by atoms with E-state index in [1.54, 1.807) is 12.1 Å². The molecule has 0 aliphatic rings. The number of benzene rings is 2. The van der Waals surface area contributed by atoms with E-state index in [0.29, 0.717) is 11.0 Å². The third-order valence-electron chi connectivity index (χ3n) is 3.95. The summed E-state index contributed by atoms with van der Waals surface area (Å²) in [5.74, 6) is 7.08. The number of nitrogens with zero attached hydrogens (tertiary/aromatic N) is 3. The van der Waals surface area contributed by atoms with Crippen LogP contribution in [0.25, 0.3) is 11.4 Å². The van der Waals surface area contributed by atoms with Crippen molar-refractivity contribution in [2.75, 3.05) is 5.84 Å². The molecule has 0 saturated carbocycles. The van der Waals surface area contributed by atoms with Gasteiger partial charge in [0.05, 0.1) is 0 Å². The molecule has 0 spiro atoms. The van der Waals surface area contributed by atoms with Gasteiger partial charge in [-0.3, -0.25) is 0 Å². The van der Waals surface area contributed by atoms with Gasteiger partial charge < -0.3 is 5.84 Å². The lowest BCUT2D eigenvalue weighted by Gasteiger charge is -2.19. The van der Waals surface area contributed by atoms with Gasteiger partial charge in [-0.15, -0.1) is 10.2 Å². The second-order valence-electron chi connectivity index (χ2n) is 6.92. The van der Waals surface area contributed by atoms with Crippen LogP contribution in [-0.2, 0) is 11.2 Å². The highest BCUT2D eigenvalue weighted by atomic mass is 32.2. The van der Waals surface area contributed by atoms with Crippen LogP contribution in [0.1, 0.15) is 31.9 Å². The van der Waals surface area contributed by atoms with Crippen molar-refractivity contribution in [2.24, 2.45) is 0 Å². The predicted molar refractivity (Wildman–Crippen MR) is 100 cm³/mol. The Morgan fingerprint density at radius 3 is 2.24 bits per heavy atom. The summed E-state index contributed by atoms with van der Waals surface area (Å²) in [7, 11) is 0. The van der Waals surface area contributed by atoms with Crippen LogP contribution in [0, 0.1) is 5.82 Å². The minimum Gasteiger partial charge on any atom is -0.335 e. The Balaban J connectivity index is 1.71. The van der Waals surface area contributed by atoms with Gasteiger partial charge in [0.15, 0.2) is 5.82 Å². The maximum atomic E-state index is 13.0. The van der Waals surface area contributed by atoms with E-state index in [-0.39, 0.29) is 11.2 Å². The minimum atomic E-state index is -0.292. The quantitative estimate of drug-likeness (QED) is 0.556. The SMILES string of the molecule is CC(C)(C)c1ccc(CSc2nnc(-c3ccc(F)cc3)n2N)cc1. The van der Waals surface area contributed by atoms with E-state index < -0.39 is 0 Å². The van der Waals surface area contributed by atoms with Gasteiger partial charge in [0.2, 0.25) is 5.16 Å². The summed E-state index contributed by atoms with van der Waals surface area (Å²) in [6.45, 7) is 6.60. The highest BCUT2D eigenvalue weighted by Gasteiger charge is 2.14. The second kappa shape index (κ2) is 6.88. The molecule has 2 N–H and O–H groups in total. The molecule has 4 nitrogen and oxygen atoms in total. The van der Waals surface area contributed by atoms with Gasteiger partial charge in [0, 0.05) is 11.3 Å². The molecule has 2 aromatic carbocycles. The van der Waals surface area contributed by atoms with Gasteiger partial charge in [-0.25, -0.2) is 9.07 Å². The fourth-order valence-corrected chi connectivity index (χ4v) is 3.23. The van der Waals surface area contributed by atoms with E-state index in [4.69, 9.17) is 5.84 Å². The average molecular weight is 356 g/mol. The van der Waals surface area contributed by atoms with Crippen LogP contribution in [0.3, 0.4) is 0 Å². The fourth-order valence-electron chi connectivity index (χ4n) is 2.42. The molecular weight excluding hydrogens is 335 g/mol. The Kier molecular flexibility index (Phi) is 4.81. The summed E-state index contributed by atoms with van der Waals surface area (Å²) < 4.78 is 14.5. The highest BCUT2D eigenvalue weighted by Crippen LogP contribution is 2.26. The largest absolute Gasteiger partial charge is 0.335 e. The molecule has 0 aliphatic carbocycles. The molecule has 6 heteroatoms. The summed E-state index contributed by atoms with van der Waals surface area (Å²) in [4.78, 5) is 0. The third kappa shape index (κ3) is 4.02. The molecule has 1 heterocycles. The van der Waals surface area contributed by atoms with Crippen molar-refractivity contribution in [2.45, 2.75) is 37.1 Å². The van der Waals surface area contributed by atoms with Crippen molar-refractivity contribution in [1.82, 2.24) is 14.9 Å². The van der Waals surface area contributed by atoms with Crippen molar-refractivity contribution >= 4 is 11.8 Å². The van der Waals surface area contributed by atoms with Crippen LogP contribution in [0.4, 0.5) is 4.39 Å². The Morgan fingerprint density at radius 2 is 1.64 bits per heavy atom. The van der Waals surface area contributed by atoms with Gasteiger partial charge in [0.25, 0.3) is 0 Å². The van der Waals surface area contributed by atoms with E-state index in [1.165, 1.54) is 39.7 Å². The lowest BCUT2D eigenvalue weighted by Crippen LogP contribution is -2.11. The van der Waals surface area contributed by atoms with Gasteiger partial charge in [-0.1, -0.05) is 56.8 Å². The molecule has 0 fully saturated rings. The number of hydrogen-bond acceptors (Lipinski definition) is 4. The van der Waals surface area contributed by atoms with Gasteiger partial charge in [-0.2, -0.15) is 0 Å². The zero-order chi connectivity index (χ0) is 18.0. The minimum absolute atomic E-state index is 0.146. The first-order valence-electron chi connectivity index (χ1n) is 8.03. The number of nitrogen functional groups attached to an aromatic ring is 1. The number of rotatable bonds is 4. The van der Waals surface area contributed by atoms with E-state index in [0.717, 1.165) is 11.3 Å². The summed E-state index contributed by atoms with van der Waals surface area (Å²) in [6.07, 6.45) is 0. The molecule has 0 unspecified atom stereocenters. The molecule has 0 radical (unpaired) electrons. The molecule has 3 rings (SSSR count). The highest BCUT2D eigenvalue weighted by molar-refractivity contribution is 7.98. The molecule has 0 saturated heterocycles. The summed E-state index contributed by atoms with van der Waals surface area (Å²) in [6, 6.07) is 14.6. The van der Waals surface area contributed by atoms with E-state index >= 15 is 0 Å². The van der Waals surface area contributed by atoms with Crippen molar-refractivity contribution in [3.8, 4) is 11.4 Å². The fraction of sp³-hybridized carbons (Fsp3) is 0.263. The van der Waals surface area contributed by atoms with E-state index in [9.17, 15) is 4.39 Å². The molecule has 0 atom stereocenters. The van der Waals surface area contributed by atoms with Crippen LogP contribution in [0.2, 0.25) is 0 Å². The standard InChI is InChI=1S/C19H21FN4S/c1-19(2,3)15-8-4-13(5-9-15)12-25-18-23-22-17(24(18)21)14-6-10-16(20)11-7-14/h4-11H,12,21H2,1-3H3. The lowest BCUT2D eigenvalue weighted by molar-refractivity contribution is 0.590. The molecule has 0 amide bonds. The van der Waals surface area contributed by atoms with Crippen molar-refractivity contribution in [3.63, 3.8) is 0 Å². The summed E-state index contributed by atoms with van der Waals surface area (Å²) in [5.41, 5.74) is 3.39. The maximum Gasteiger partial charge on any atom is 0.210 e. The van der Waals surface area contributed by atoms with E-state index in [1.807, 2.05) is 0 Å². The average Bonchev–Trinajstić information content (AvgIpc) is 2.94. The van der Waals surface area contributed by atoms with Crippen LogP contribution < -0.4 is 5.84 Å². The van der Waals surface area contributed by atoms with Crippen molar-refractivity contribution in [1.29, 1.82) is 0 Å². The Morgan fingerprint density at radius 1 is 1.00 bits per heavy atom. The molecule has 3 aromatic rings. The summed E-state index contributed by atoms with van der Waals surface area (Å²) >= 11 is 1.52. The smallest absolute Gasteiger partial charge is 0.210 e. The van der Waals surface area contributed by atoms with Crippen LogP contribution in [0.15, 0.2) is 53.7 Å². The third-order valence-corrected chi connectivity index (χ3v) is 4.97. The van der Waals surface area contributed by atoms with Gasteiger partial charge in [0.1, 0.15) is 5.82 Å². The molecule has 130 valence electrons. The van der Waals surface area contributed by atoms with Crippen LogP contribution in [-0.4, -0.2) is 14.9 Å². The zero-order valence-electron chi connectivity index (χ0n) is 14.5. The van der Waals surface area contributed by atoms with Crippen LogP contribution >= 0.6 is 11.8 Å². The number of aromatic nitrogens is 3. The number of hydrogen-bond donors (Lipinski definition) is 1. The first-order valence-corrected chi connectivity index (χ1v) is 9.02. The Hall–Kier alpha value is -2.34. The first kappa shape index (κ1) is 17.5. The molecule has 0 bridgehead atoms. The van der Waals surface area contributed by atoms with Crippen molar-refractivity contribution in [3.05, 3.63) is 65.5 Å². The van der Waals surface area contributed by atoms with Crippen molar-refractivity contribution < 1.29 is 4.39 Å². The van der Waals surface area contributed by atoms with Crippen LogP contribution in [0.5, 0.6) is 0 Å². The van der Waals surface area contributed by atoms with Gasteiger partial charge in [-0.05, 0) is 40.8 Å². The number of nitrogens with two attached hydrogens (primary N) is 1. The molecular formula is C19H21FN4S. The lowest BCUT2D eigenvalue weighted by atomic mass is 9.87. The number of thioether (sulfide) groups is 1. The predicted octanol–water partition coefficient (Wildman–Crippen LogP) is 4.39. The first-order chi connectivity index (χ1) is 11.8. The molecule has 0 aliphatic heterocycles. The zero-order valence-corrected chi connectivity index (χ0v) is 15.3. The Bertz CT molecular complexity index is 849.